The minimum atomic E-state index is 0.698. The largest absolute Gasteiger partial charge is 0.282 e. The van der Waals surface area contributed by atoms with E-state index in [0.717, 1.165) is 5.25 Å². The first-order valence-electron chi connectivity index (χ1n) is 3.64. The molecule has 50 valence electrons. The summed E-state index contributed by atoms with van der Waals surface area (Å²) in [5.74, 6) is 0. The molecular formula is C7H11NS. The van der Waals surface area contributed by atoms with Crippen molar-refractivity contribution in [2.24, 2.45) is 4.99 Å². The number of hydrogen-bond donors (Lipinski definition) is 0. The molecule has 0 bridgehead atoms. The molecule has 9 heavy (non-hydrogen) atoms. The van der Waals surface area contributed by atoms with Crippen LogP contribution in [0.2, 0.25) is 0 Å². The van der Waals surface area contributed by atoms with Gasteiger partial charge < -0.3 is 0 Å². The Balaban J connectivity index is 2.03. The first kappa shape index (κ1) is 5.78. The molecule has 0 spiro atoms. The average Bonchev–Trinajstić information content (AvgIpc) is 2.33. The van der Waals surface area contributed by atoms with Crippen molar-refractivity contribution in [3.63, 3.8) is 0 Å². The highest BCUT2D eigenvalue weighted by molar-refractivity contribution is 8.12. The molecule has 0 N–H and O–H groups in total. The number of thioether (sulfide) groups is 1. The summed E-state index contributed by atoms with van der Waals surface area (Å²) in [5.41, 5.74) is 2.04. The van der Waals surface area contributed by atoms with Gasteiger partial charge in [0, 0.05) is 5.25 Å². The van der Waals surface area contributed by atoms with E-state index in [-0.39, 0.29) is 0 Å². The van der Waals surface area contributed by atoms with Crippen LogP contribution in [0.5, 0.6) is 0 Å². The fraction of sp³-hybridized carbons (Fsp3) is 0.857. The smallest absolute Gasteiger partial charge is 0.0628 e. The van der Waals surface area contributed by atoms with Crippen LogP contribution in [-0.2, 0) is 0 Å². The van der Waals surface area contributed by atoms with Gasteiger partial charge in [0.25, 0.3) is 0 Å². The van der Waals surface area contributed by atoms with Crippen molar-refractivity contribution < 1.29 is 0 Å². The maximum Gasteiger partial charge on any atom is 0.0628 e. The minimum Gasteiger partial charge on any atom is -0.282 e. The van der Waals surface area contributed by atoms with Gasteiger partial charge in [0.1, 0.15) is 0 Å². The Bertz CT molecular complexity index is 133. The lowest BCUT2D eigenvalue weighted by molar-refractivity contribution is 0.462. The van der Waals surface area contributed by atoms with Gasteiger partial charge in [-0.2, -0.15) is 0 Å². The van der Waals surface area contributed by atoms with E-state index in [1.807, 2.05) is 17.3 Å². The van der Waals surface area contributed by atoms with Gasteiger partial charge in [0.2, 0.25) is 0 Å². The Morgan fingerprint density at radius 1 is 1.33 bits per heavy atom. The molecule has 1 nitrogen and oxygen atoms in total. The van der Waals surface area contributed by atoms with Crippen LogP contribution in [-0.4, -0.2) is 16.8 Å². The van der Waals surface area contributed by atoms with Crippen LogP contribution in [0, 0.1) is 0 Å². The Labute approximate surface area is 59.9 Å². The maximum absolute atomic E-state index is 4.40. The van der Waals surface area contributed by atoms with E-state index < -0.39 is 0 Å². The lowest BCUT2D eigenvalue weighted by Gasteiger charge is -2.21. The average molecular weight is 141 g/mol. The Hall–Kier alpha value is 0.0200. The highest BCUT2D eigenvalue weighted by Gasteiger charge is 2.27. The van der Waals surface area contributed by atoms with Crippen LogP contribution >= 0.6 is 11.8 Å². The highest BCUT2D eigenvalue weighted by atomic mass is 32.2. The molecule has 2 unspecified atom stereocenters. The molecule has 1 aliphatic heterocycles. The van der Waals surface area contributed by atoms with E-state index in [1.165, 1.54) is 25.7 Å². The summed E-state index contributed by atoms with van der Waals surface area (Å²) in [6.07, 6.45) is 5.57. The summed E-state index contributed by atoms with van der Waals surface area (Å²) in [6.45, 7) is 0. The number of rotatable bonds is 0. The van der Waals surface area contributed by atoms with Crippen LogP contribution < -0.4 is 0 Å². The molecule has 2 aliphatic rings. The molecule has 0 aromatic rings. The van der Waals surface area contributed by atoms with Crippen molar-refractivity contribution in [3.8, 4) is 0 Å². The molecule has 0 amide bonds. The standard InChI is InChI=1S/C7H11NS/c1-2-4-7-6(3-1)8-5-9-7/h5-7H,1-4H2. The third kappa shape index (κ3) is 1.00. The molecule has 0 aromatic heterocycles. The topological polar surface area (TPSA) is 12.4 Å². The van der Waals surface area contributed by atoms with Gasteiger partial charge in [0.05, 0.1) is 11.6 Å². The second-order valence-electron chi connectivity index (χ2n) is 2.78. The molecule has 1 aliphatic carbocycles. The second-order valence-corrected chi connectivity index (χ2v) is 3.87. The Morgan fingerprint density at radius 2 is 2.22 bits per heavy atom. The van der Waals surface area contributed by atoms with E-state index in [1.54, 1.807) is 0 Å². The quantitative estimate of drug-likeness (QED) is 0.503. The van der Waals surface area contributed by atoms with Gasteiger partial charge in [0.15, 0.2) is 0 Å². The first-order chi connectivity index (χ1) is 4.47. The van der Waals surface area contributed by atoms with Crippen LogP contribution in [0.3, 0.4) is 0 Å². The Morgan fingerprint density at radius 3 is 3.11 bits per heavy atom. The number of nitrogens with zero attached hydrogens (tertiary/aromatic N) is 1. The predicted octanol–water partition coefficient (Wildman–Crippen LogP) is 2.07. The fourth-order valence-electron chi connectivity index (χ4n) is 1.60. The van der Waals surface area contributed by atoms with Crippen molar-refractivity contribution in [3.05, 3.63) is 0 Å². The van der Waals surface area contributed by atoms with E-state index in [4.69, 9.17) is 0 Å². The molecule has 1 saturated carbocycles. The molecule has 1 heterocycles. The molecule has 0 radical (unpaired) electrons. The van der Waals surface area contributed by atoms with Gasteiger partial charge in [-0.15, -0.1) is 11.8 Å². The van der Waals surface area contributed by atoms with Gasteiger partial charge in [-0.1, -0.05) is 12.8 Å². The molecule has 0 saturated heterocycles. The molecule has 2 atom stereocenters. The van der Waals surface area contributed by atoms with Crippen LogP contribution in [0.25, 0.3) is 0 Å². The summed E-state index contributed by atoms with van der Waals surface area (Å²) in [7, 11) is 0. The fourth-order valence-corrected chi connectivity index (χ4v) is 2.67. The minimum absolute atomic E-state index is 0.698. The van der Waals surface area contributed by atoms with Crippen molar-refractivity contribution in [1.29, 1.82) is 0 Å². The monoisotopic (exact) mass is 141 g/mol. The zero-order valence-corrected chi connectivity index (χ0v) is 6.23. The highest BCUT2D eigenvalue weighted by Crippen LogP contribution is 2.33. The summed E-state index contributed by atoms with van der Waals surface area (Å²) in [4.78, 5) is 4.40. The van der Waals surface area contributed by atoms with Crippen molar-refractivity contribution in [2.45, 2.75) is 37.0 Å². The predicted molar refractivity (Wildman–Crippen MR) is 42.1 cm³/mol. The van der Waals surface area contributed by atoms with Gasteiger partial charge in [-0.05, 0) is 12.8 Å². The SMILES string of the molecule is C1=NC2CCCCC2S1. The normalized spacial score (nSPS) is 40.9. The van der Waals surface area contributed by atoms with Crippen molar-refractivity contribution in [1.82, 2.24) is 0 Å². The van der Waals surface area contributed by atoms with E-state index >= 15 is 0 Å². The van der Waals surface area contributed by atoms with Gasteiger partial charge in [-0.3, -0.25) is 4.99 Å². The summed E-state index contributed by atoms with van der Waals surface area (Å²) in [5, 5.41) is 0.860. The third-order valence-corrected chi connectivity index (χ3v) is 3.30. The van der Waals surface area contributed by atoms with E-state index in [9.17, 15) is 0 Å². The maximum atomic E-state index is 4.40. The molecule has 2 rings (SSSR count). The summed E-state index contributed by atoms with van der Waals surface area (Å²) < 4.78 is 0. The summed E-state index contributed by atoms with van der Waals surface area (Å²) >= 11 is 1.93. The second kappa shape index (κ2) is 2.33. The number of aliphatic imine (C=N–C) groups is 1. The van der Waals surface area contributed by atoms with E-state index in [0.29, 0.717) is 6.04 Å². The van der Waals surface area contributed by atoms with Crippen LogP contribution in [0.15, 0.2) is 4.99 Å². The van der Waals surface area contributed by atoms with Crippen molar-refractivity contribution in [2.75, 3.05) is 0 Å². The lowest BCUT2D eigenvalue weighted by Crippen LogP contribution is -2.21. The van der Waals surface area contributed by atoms with Gasteiger partial charge in [-0.25, -0.2) is 0 Å². The summed E-state index contributed by atoms with van der Waals surface area (Å²) in [6, 6.07) is 0.698. The lowest BCUT2D eigenvalue weighted by atomic mass is 9.96. The zero-order chi connectivity index (χ0) is 6.10. The van der Waals surface area contributed by atoms with E-state index in [2.05, 4.69) is 4.99 Å². The number of fused-ring (bicyclic) bond motifs is 1. The molecule has 2 heteroatoms. The zero-order valence-electron chi connectivity index (χ0n) is 5.42. The Kier molecular flexibility index (Phi) is 1.50. The van der Waals surface area contributed by atoms with Crippen LogP contribution in [0.1, 0.15) is 25.7 Å². The molecule has 0 aromatic carbocycles. The molecule has 1 fully saturated rings. The first-order valence-corrected chi connectivity index (χ1v) is 4.58. The third-order valence-electron chi connectivity index (χ3n) is 2.16. The number of hydrogen-bond acceptors (Lipinski definition) is 2. The molecular weight excluding hydrogens is 130 g/mol. The van der Waals surface area contributed by atoms with Gasteiger partial charge >= 0.3 is 0 Å². The van der Waals surface area contributed by atoms with Crippen LogP contribution in [0.4, 0.5) is 0 Å². The van der Waals surface area contributed by atoms with Crippen molar-refractivity contribution >= 4 is 17.3 Å².